The molecule has 0 amide bonds. The number of hydrogen-bond acceptors (Lipinski definition) is 6. The molecule has 3 aromatic rings. The van der Waals surface area contributed by atoms with Crippen LogP contribution in [0.15, 0.2) is 42.7 Å². The van der Waals surface area contributed by atoms with Crippen LogP contribution >= 0.6 is 23.2 Å². The molecule has 9 heteroatoms. The third-order valence-corrected chi connectivity index (χ3v) is 8.08. The number of halogens is 2. The van der Waals surface area contributed by atoms with Crippen molar-refractivity contribution in [1.82, 2.24) is 9.97 Å². The molecule has 7 nitrogen and oxygen atoms in total. The molecule has 0 spiro atoms. The standard InChI is InChI=1S/C32H39Cl2N3O4/c1-20-27(29(30(38)39)41-31(2,3)4)28(37-15-13-32(5,6)14-16-37)23(19-35-20)26-11-10-21(18-36-26)40-17-12-22-24(33)8-7-9-25(22)34/h7-11,18-19,29H,12-17H2,1-6H3,(H,38,39)/t29-/m0/s1. The summed E-state index contributed by atoms with van der Waals surface area (Å²) in [6.45, 7) is 13.9. The minimum atomic E-state index is -1.17. The second-order valence-corrected chi connectivity index (χ2v) is 13.1. The molecule has 4 rings (SSSR count). The van der Waals surface area contributed by atoms with Crippen LogP contribution in [0.4, 0.5) is 5.69 Å². The van der Waals surface area contributed by atoms with Crippen molar-refractivity contribution in [2.75, 3.05) is 24.6 Å². The van der Waals surface area contributed by atoms with Crippen LogP contribution in [0.25, 0.3) is 11.3 Å². The van der Waals surface area contributed by atoms with Crippen molar-refractivity contribution in [3.8, 4) is 17.0 Å². The van der Waals surface area contributed by atoms with Crippen LogP contribution in [0.1, 0.15) is 70.4 Å². The summed E-state index contributed by atoms with van der Waals surface area (Å²) in [4.78, 5) is 24.2. The summed E-state index contributed by atoms with van der Waals surface area (Å²) in [6, 6.07) is 9.18. The summed E-state index contributed by atoms with van der Waals surface area (Å²) >= 11 is 12.6. The van der Waals surface area contributed by atoms with Gasteiger partial charge in [-0.1, -0.05) is 43.1 Å². The Morgan fingerprint density at radius 3 is 2.29 bits per heavy atom. The van der Waals surface area contributed by atoms with E-state index in [0.29, 0.717) is 45.8 Å². The first-order valence-electron chi connectivity index (χ1n) is 13.9. The van der Waals surface area contributed by atoms with Gasteiger partial charge in [-0.3, -0.25) is 9.97 Å². The number of ether oxygens (including phenoxy) is 2. The number of carbonyl (C=O) groups is 1. The maximum Gasteiger partial charge on any atom is 0.337 e. The number of carboxylic acid groups (broad SMARTS) is 1. The molecule has 2 aromatic heterocycles. The summed E-state index contributed by atoms with van der Waals surface area (Å²) in [5.41, 5.74) is 3.87. The maximum atomic E-state index is 12.6. The van der Waals surface area contributed by atoms with E-state index < -0.39 is 17.7 Å². The molecule has 220 valence electrons. The number of anilines is 1. The lowest BCUT2D eigenvalue weighted by Gasteiger charge is -2.40. The van der Waals surface area contributed by atoms with Crippen LogP contribution in [-0.2, 0) is 16.0 Å². The first-order valence-corrected chi connectivity index (χ1v) is 14.7. The minimum Gasteiger partial charge on any atom is -0.492 e. The molecule has 0 aliphatic carbocycles. The van der Waals surface area contributed by atoms with Crippen molar-refractivity contribution in [3.63, 3.8) is 0 Å². The third-order valence-electron chi connectivity index (χ3n) is 7.37. The van der Waals surface area contributed by atoms with Gasteiger partial charge >= 0.3 is 5.97 Å². The van der Waals surface area contributed by atoms with Crippen molar-refractivity contribution in [2.45, 2.75) is 72.5 Å². The van der Waals surface area contributed by atoms with Crippen molar-refractivity contribution in [3.05, 3.63) is 69.6 Å². The van der Waals surface area contributed by atoms with Gasteiger partial charge in [0.25, 0.3) is 0 Å². The first-order chi connectivity index (χ1) is 19.3. The fraction of sp³-hybridized carbons (Fsp3) is 0.469. The Hall–Kier alpha value is -2.87. The predicted octanol–water partition coefficient (Wildman–Crippen LogP) is 7.95. The van der Waals surface area contributed by atoms with Crippen LogP contribution in [0.5, 0.6) is 5.75 Å². The molecule has 1 fully saturated rings. The van der Waals surface area contributed by atoms with Crippen molar-refractivity contribution in [1.29, 1.82) is 0 Å². The Balaban J connectivity index is 1.68. The van der Waals surface area contributed by atoms with Crippen molar-refractivity contribution in [2.24, 2.45) is 5.41 Å². The molecular formula is C32H39Cl2N3O4. The lowest BCUT2D eigenvalue weighted by Crippen LogP contribution is -2.39. The number of aromatic nitrogens is 2. The average Bonchev–Trinajstić information content (AvgIpc) is 2.89. The second kappa shape index (κ2) is 12.6. The number of piperidine rings is 1. The molecule has 0 bridgehead atoms. The lowest BCUT2D eigenvalue weighted by molar-refractivity contribution is -0.160. The minimum absolute atomic E-state index is 0.221. The SMILES string of the molecule is Cc1ncc(-c2ccc(OCCc3c(Cl)cccc3Cl)cn2)c(N2CCC(C)(C)CC2)c1[C@H](OC(C)(C)C)C(=O)O. The van der Waals surface area contributed by atoms with Gasteiger partial charge in [-0.15, -0.1) is 0 Å². The van der Waals surface area contributed by atoms with E-state index >= 15 is 0 Å². The molecule has 3 heterocycles. The highest BCUT2D eigenvalue weighted by atomic mass is 35.5. The zero-order chi connectivity index (χ0) is 29.9. The Morgan fingerprint density at radius 1 is 1.07 bits per heavy atom. The second-order valence-electron chi connectivity index (χ2n) is 12.3. The number of pyridine rings is 2. The van der Waals surface area contributed by atoms with E-state index in [1.165, 1.54) is 0 Å². The van der Waals surface area contributed by atoms with Crippen LogP contribution in [0.2, 0.25) is 10.0 Å². The summed E-state index contributed by atoms with van der Waals surface area (Å²) < 4.78 is 12.1. The zero-order valence-electron chi connectivity index (χ0n) is 24.6. The molecular weight excluding hydrogens is 561 g/mol. The average molecular weight is 601 g/mol. The highest BCUT2D eigenvalue weighted by Gasteiger charge is 2.36. The highest BCUT2D eigenvalue weighted by molar-refractivity contribution is 6.36. The number of carboxylic acids is 1. The van der Waals surface area contributed by atoms with Gasteiger partial charge in [0.1, 0.15) is 5.75 Å². The monoisotopic (exact) mass is 599 g/mol. The Bertz CT molecular complexity index is 1360. The van der Waals surface area contributed by atoms with Crippen LogP contribution in [-0.4, -0.2) is 46.3 Å². The first kappa shape index (κ1) is 31.1. The van der Waals surface area contributed by atoms with Gasteiger partial charge in [0, 0.05) is 52.6 Å². The molecule has 1 aliphatic rings. The summed E-state index contributed by atoms with van der Waals surface area (Å²) in [5.74, 6) is -0.436. The van der Waals surface area contributed by atoms with Crippen LogP contribution in [0, 0.1) is 12.3 Å². The normalized spacial score (nSPS) is 16.0. The van der Waals surface area contributed by atoms with E-state index in [2.05, 4.69) is 23.7 Å². The highest BCUT2D eigenvalue weighted by Crippen LogP contribution is 2.43. The van der Waals surface area contributed by atoms with Gasteiger partial charge in [0.15, 0.2) is 6.10 Å². The Labute approximate surface area is 252 Å². The quantitative estimate of drug-likeness (QED) is 0.267. The Morgan fingerprint density at radius 2 is 1.73 bits per heavy atom. The fourth-order valence-corrected chi connectivity index (χ4v) is 5.63. The van der Waals surface area contributed by atoms with E-state index in [4.69, 9.17) is 37.7 Å². The van der Waals surface area contributed by atoms with Crippen molar-refractivity contribution < 1.29 is 19.4 Å². The number of rotatable bonds is 9. The molecule has 41 heavy (non-hydrogen) atoms. The Kier molecular flexibility index (Phi) is 9.52. The molecule has 1 N–H and O–H groups in total. The summed E-state index contributed by atoms with van der Waals surface area (Å²) in [5, 5.41) is 11.5. The molecule has 1 aliphatic heterocycles. The number of benzene rings is 1. The third kappa shape index (κ3) is 7.70. The summed E-state index contributed by atoms with van der Waals surface area (Å²) in [7, 11) is 0. The van der Waals surface area contributed by atoms with Gasteiger partial charge in [-0.05, 0) is 75.8 Å². The van der Waals surface area contributed by atoms with Crippen molar-refractivity contribution >= 4 is 34.9 Å². The molecule has 1 atom stereocenters. The number of hydrogen-bond donors (Lipinski definition) is 1. The molecule has 0 radical (unpaired) electrons. The molecule has 0 unspecified atom stereocenters. The van der Waals surface area contributed by atoms with Crippen LogP contribution < -0.4 is 9.64 Å². The lowest BCUT2D eigenvalue weighted by atomic mass is 9.82. The maximum absolute atomic E-state index is 12.6. The van der Waals surface area contributed by atoms with Gasteiger partial charge in [-0.2, -0.15) is 0 Å². The van der Waals surface area contributed by atoms with E-state index in [9.17, 15) is 9.90 Å². The van der Waals surface area contributed by atoms with E-state index in [-0.39, 0.29) is 5.41 Å². The number of aryl methyl sites for hydroxylation is 1. The van der Waals surface area contributed by atoms with E-state index in [1.807, 2.05) is 58.0 Å². The topological polar surface area (TPSA) is 84.8 Å². The molecule has 1 saturated heterocycles. The van der Waals surface area contributed by atoms with E-state index in [1.54, 1.807) is 12.4 Å². The number of nitrogens with zero attached hydrogens (tertiary/aromatic N) is 3. The molecule has 1 aromatic carbocycles. The van der Waals surface area contributed by atoms with Gasteiger partial charge < -0.3 is 19.5 Å². The molecule has 0 saturated carbocycles. The summed E-state index contributed by atoms with van der Waals surface area (Å²) in [6.07, 6.45) is 4.82. The van der Waals surface area contributed by atoms with Gasteiger partial charge in [0.2, 0.25) is 0 Å². The van der Waals surface area contributed by atoms with Gasteiger partial charge in [-0.25, -0.2) is 4.79 Å². The largest absolute Gasteiger partial charge is 0.492 e. The number of aliphatic carboxylic acids is 1. The van der Waals surface area contributed by atoms with Gasteiger partial charge in [0.05, 0.1) is 29.8 Å². The smallest absolute Gasteiger partial charge is 0.337 e. The van der Waals surface area contributed by atoms with E-state index in [0.717, 1.165) is 42.7 Å². The van der Waals surface area contributed by atoms with Crippen LogP contribution in [0.3, 0.4) is 0 Å². The zero-order valence-corrected chi connectivity index (χ0v) is 26.1. The predicted molar refractivity (Wildman–Crippen MR) is 164 cm³/mol. The fourth-order valence-electron chi connectivity index (χ4n) is 5.04.